The van der Waals surface area contributed by atoms with Gasteiger partial charge in [-0.3, -0.25) is 13.9 Å². The van der Waals surface area contributed by atoms with Crippen molar-refractivity contribution in [1.29, 1.82) is 0 Å². The molecule has 0 spiro atoms. The first kappa shape index (κ1) is 32.7. The van der Waals surface area contributed by atoms with Gasteiger partial charge in [-0.15, -0.1) is 0 Å². The van der Waals surface area contributed by atoms with E-state index in [1.165, 1.54) is 35.2 Å². The van der Waals surface area contributed by atoms with Crippen LogP contribution in [0.1, 0.15) is 30.5 Å². The van der Waals surface area contributed by atoms with Crippen LogP contribution in [0.4, 0.5) is 10.1 Å². The number of hydrogen-bond donors (Lipinski definition) is 1. The van der Waals surface area contributed by atoms with Gasteiger partial charge in [0.15, 0.2) is 0 Å². The number of sulfonamides is 1. The Labute approximate surface area is 263 Å². The number of aryl methyl sites for hydroxylation is 1. The molecule has 230 valence electrons. The van der Waals surface area contributed by atoms with Gasteiger partial charge < -0.3 is 10.2 Å². The van der Waals surface area contributed by atoms with E-state index in [2.05, 4.69) is 5.32 Å². The molecule has 0 aliphatic rings. The van der Waals surface area contributed by atoms with Crippen LogP contribution in [0.25, 0.3) is 0 Å². The van der Waals surface area contributed by atoms with Crippen molar-refractivity contribution < 1.29 is 22.4 Å². The zero-order valence-electron chi connectivity index (χ0n) is 24.8. The van der Waals surface area contributed by atoms with E-state index in [4.69, 9.17) is 11.6 Å². The van der Waals surface area contributed by atoms with Crippen LogP contribution in [0.5, 0.6) is 0 Å². The number of hydrogen-bond acceptors (Lipinski definition) is 4. The summed E-state index contributed by atoms with van der Waals surface area (Å²) in [6, 6.07) is 26.3. The lowest BCUT2D eigenvalue weighted by Gasteiger charge is -2.34. The molecule has 0 saturated heterocycles. The molecule has 44 heavy (non-hydrogen) atoms. The number of nitrogens with zero attached hydrogens (tertiary/aromatic N) is 2. The fourth-order valence-corrected chi connectivity index (χ4v) is 6.37. The molecular weight excluding hydrogens is 601 g/mol. The first-order chi connectivity index (χ1) is 21.0. The van der Waals surface area contributed by atoms with Crippen molar-refractivity contribution in [2.45, 2.75) is 50.7 Å². The van der Waals surface area contributed by atoms with E-state index in [0.717, 1.165) is 21.5 Å². The molecule has 0 bridgehead atoms. The normalized spacial score (nSPS) is 12.0. The zero-order chi connectivity index (χ0) is 31.9. The lowest BCUT2D eigenvalue weighted by molar-refractivity contribution is -0.140. The van der Waals surface area contributed by atoms with Gasteiger partial charge in [0.05, 0.1) is 10.6 Å². The largest absolute Gasteiger partial charge is 0.352 e. The SMILES string of the molecule is Cc1ccc(S(=O)(=O)N(CC(=O)N(Cc2ccccc2Cl)[C@@H](Cc2ccccc2)C(=O)NC(C)C)c2ccccc2F)cc1. The summed E-state index contributed by atoms with van der Waals surface area (Å²) in [5.41, 5.74) is 1.91. The van der Waals surface area contributed by atoms with E-state index in [0.29, 0.717) is 10.6 Å². The van der Waals surface area contributed by atoms with E-state index < -0.39 is 40.2 Å². The van der Waals surface area contributed by atoms with Crippen molar-refractivity contribution in [2.24, 2.45) is 0 Å². The van der Waals surface area contributed by atoms with Crippen LogP contribution in [0.15, 0.2) is 108 Å². The molecule has 4 aromatic rings. The van der Waals surface area contributed by atoms with Crippen molar-refractivity contribution in [2.75, 3.05) is 10.8 Å². The fourth-order valence-electron chi connectivity index (χ4n) is 4.75. The third-order valence-corrected chi connectivity index (χ3v) is 9.15. The molecule has 0 radical (unpaired) electrons. The molecule has 2 amide bonds. The number of rotatable bonds is 12. The predicted molar refractivity (Wildman–Crippen MR) is 171 cm³/mol. The second-order valence-corrected chi connectivity index (χ2v) is 13.0. The maximum atomic E-state index is 15.2. The second kappa shape index (κ2) is 14.5. The van der Waals surface area contributed by atoms with E-state index in [-0.39, 0.29) is 29.6 Å². The molecule has 10 heteroatoms. The number of para-hydroxylation sites is 1. The number of nitrogens with one attached hydrogen (secondary N) is 1. The minimum Gasteiger partial charge on any atom is -0.352 e. The Morgan fingerprint density at radius 2 is 1.48 bits per heavy atom. The van der Waals surface area contributed by atoms with Gasteiger partial charge in [0.25, 0.3) is 10.0 Å². The van der Waals surface area contributed by atoms with Crippen molar-refractivity contribution in [1.82, 2.24) is 10.2 Å². The number of halogens is 2. The lowest BCUT2D eigenvalue weighted by Crippen LogP contribution is -2.54. The monoisotopic (exact) mass is 635 g/mol. The fraction of sp³-hybridized carbons (Fsp3) is 0.235. The van der Waals surface area contributed by atoms with Gasteiger partial charge in [0, 0.05) is 24.0 Å². The molecule has 0 unspecified atom stereocenters. The van der Waals surface area contributed by atoms with Crippen molar-refractivity contribution in [3.8, 4) is 0 Å². The molecule has 0 heterocycles. The molecule has 0 aliphatic heterocycles. The third kappa shape index (κ3) is 8.03. The summed E-state index contributed by atoms with van der Waals surface area (Å²) >= 11 is 6.50. The summed E-state index contributed by atoms with van der Waals surface area (Å²) in [5.74, 6) is -1.93. The van der Waals surface area contributed by atoms with E-state index in [1.54, 1.807) is 36.4 Å². The van der Waals surface area contributed by atoms with Crippen molar-refractivity contribution in [3.05, 3.63) is 131 Å². The molecule has 7 nitrogen and oxygen atoms in total. The Balaban J connectivity index is 1.82. The third-order valence-electron chi connectivity index (χ3n) is 7.01. The Morgan fingerprint density at radius 3 is 2.11 bits per heavy atom. The number of benzene rings is 4. The summed E-state index contributed by atoms with van der Waals surface area (Å²) in [6.07, 6.45) is 0.153. The van der Waals surface area contributed by atoms with Gasteiger partial charge in [-0.2, -0.15) is 0 Å². The Hall–Kier alpha value is -4.21. The molecule has 1 N–H and O–H groups in total. The molecule has 4 rings (SSSR count). The Bertz CT molecular complexity index is 1700. The Morgan fingerprint density at radius 1 is 0.864 bits per heavy atom. The summed E-state index contributed by atoms with van der Waals surface area (Å²) < 4.78 is 44.0. The highest BCUT2D eigenvalue weighted by molar-refractivity contribution is 7.92. The maximum Gasteiger partial charge on any atom is 0.264 e. The van der Waals surface area contributed by atoms with Crippen LogP contribution in [0, 0.1) is 12.7 Å². The van der Waals surface area contributed by atoms with Crippen LogP contribution >= 0.6 is 11.6 Å². The maximum absolute atomic E-state index is 15.2. The van der Waals surface area contributed by atoms with Crippen LogP contribution in [-0.4, -0.2) is 43.8 Å². The summed E-state index contributed by atoms with van der Waals surface area (Å²) in [5, 5.41) is 3.28. The standard InChI is InChI=1S/C34H35ClFN3O4S/c1-24(2)37-34(41)32(21-26-11-5-4-6-12-26)38(22-27-13-7-8-14-29(27)35)33(40)23-39(31-16-10-9-15-30(31)36)44(42,43)28-19-17-25(3)18-20-28/h4-20,24,32H,21-23H2,1-3H3,(H,37,41)/t32-/m0/s1. The van der Waals surface area contributed by atoms with Gasteiger partial charge in [-0.05, 0) is 62.2 Å². The number of amides is 2. The second-order valence-electron chi connectivity index (χ2n) is 10.8. The average Bonchev–Trinajstić information content (AvgIpc) is 2.99. The van der Waals surface area contributed by atoms with Gasteiger partial charge in [0.1, 0.15) is 18.4 Å². The van der Waals surface area contributed by atoms with E-state index in [9.17, 15) is 18.0 Å². The highest BCUT2D eigenvalue weighted by Gasteiger charge is 2.35. The smallest absolute Gasteiger partial charge is 0.264 e. The Kier molecular flexibility index (Phi) is 10.8. The van der Waals surface area contributed by atoms with Crippen LogP contribution < -0.4 is 9.62 Å². The summed E-state index contributed by atoms with van der Waals surface area (Å²) in [6.45, 7) is 4.59. The first-order valence-electron chi connectivity index (χ1n) is 14.2. The number of anilines is 1. The zero-order valence-corrected chi connectivity index (χ0v) is 26.4. The molecule has 1 atom stereocenters. The minimum absolute atomic E-state index is 0.0861. The van der Waals surface area contributed by atoms with E-state index in [1.807, 2.05) is 51.1 Å². The van der Waals surface area contributed by atoms with Gasteiger partial charge >= 0.3 is 0 Å². The topological polar surface area (TPSA) is 86.8 Å². The quantitative estimate of drug-likeness (QED) is 0.202. The van der Waals surface area contributed by atoms with Crippen LogP contribution in [0.2, 0.25) is 5.02 Å². The van der Waals surface area contributed by atoms with Crippen molar-refractivity contribution >= 4 is 39.1 Å². The molecule has 0 aliphatic carbocycles. The van der Waals surface area contributed by atoms with Crippen LogP contribution in [-0.2, 0) is 32.6 Å². The van der Waals surface area contributed by atoms with Crippen LogP contribution in [0.3, 0.4) is 0 Å². The first-order valence-corrected chi connectivity index (χ1v) is 16.0. The molecule has 0 fully saturated rings. The van der Waals surface area contributed by atoms with E-state index >= 15 is 4.39 Å². The molecule has 0 saturated carbocycles. The number of carbonyl (C=O) groups is 2. The lowest BCUT2D eigenvalue weighted by atomic mass is 10.0. The summed E-state index contributed by atoms with van der Waals surface area (Å²) in [4.78, 5) is 29.3. The predicted octanol–water partition coefficient (Wildman–Crippen LogP) is 6.15. The number of carbonyl (C=O) groups excluding carboxylic acids is 2. The molecule has 4 aromatic carbocycles. The van der Waals surface area contributed by atoms with Gasteiger partial charge in [-0.25, -0.2) is 12.8 Å². The molecular formula is C34H35ClFN3O4S. The highest BCUT2D eigenvalue weighted by Crippen LogP contribution is 2.28. The average molecular weight is 636 g/mol. The van der Waals surface area contributed by atoms with Gasteiger partial charge in [0.2, 0.25) is 11.8 Å². The highest BCUT2D eigenvalue weighted by atomic mass is 35.5. The van der Waals surface area contributed by atoms with Crippen molar-refractivity contribution in [3.63, 3.8) is 0 Å². The summed E-state index contributed by atoms with van der Waals surface area (Å²) in [7, 11) is -4.41. The molecule has 0 aromatic heterocycles. The van der Waals surface area contributed by atoms with Gasteiger partial charge in [-0.1, -0.05) is 90.0 Å². The minimum atomic E-state index is -4.41.